The summed E-state index contributed by atoms with van der Waals surface area (Å²) in [6, 6.07) is 4.13. The number of phenols is 2. The molecule has 0 radical (unpaired) electrons. The maximum atomic E-state index is 11.7. The summed E-state index contributed by atoms with van der Waals surface area (Å²) in [6.07, 6.45) is 6.34. The molecular formula is C14H10O3. The molecule has 0 amide bonds. The van der Waals surface area contributed by atoms with Gasteiger partial charge in [-0.2, -0.15) is 0 Å². The summed E-state index contributed by atoms with van der Waals surface area (Å²) in [4.78, 5) is 11.7. The van der Waals surface area contributed by atoms with E-state index in [1.807, 2.05) is 18.2 Å². The summed E-state index contributed by atoms with van der Waals surface area (Å²) in [7, 11) is 0. The number of carbonyl (C=O) groups is 1. The summed E-state index contributed by atoms with van der Waals surface area (Å²) in [5.41, 5.74) is 0.694. The average Bonchev–Trinajstić information content (AvgIpc) is 2.79. The Morgan fingerprint density at radius 2 is 1.94 bits per heavy atom. The van der Waals surface area contributed by atoms with Crippen LogP contribution in [-0.2, 0) is 0 Å². The Labute approximate surface area is 98.7 Å². The van der Waals surface area contributed by atoms with Crippen molar-refractivity contribution >= 4 is 5.78 Å². The van der Waals surface area contributed by atoms with Crippen LogP contribution in [0, 0.1) is 11.8 Å². The molecule has 0 saturated carbocycles. The summed E-state index contributed by atoms with van der Waals surface area (Å²) in [6.45, 7) is 0. The Morgan fingerprint density at radius 3 is 2.53 bits per heavy atom. The molecule has 0 aromatic heterocycles. The van der Waals surface area contributed by atoms with Crippen molar-refractivity contribution in [1.82, 2.24) is 0 Å². The Hall–Kier alpha value is -2.47. The van der Waals surface area contributed by atoms with E-state index in [2.05, 4.69) is 11.8 Å². The molecule has 3 nitrogen and oxygen atoms in total. The van der Waals surface area contributed by atoms with Crippen molar-refractivity contribution in [3.8, 4) is 23.3 Å². The number of hydrogen-bond donors (Lipinski definition) is 2. The Morgan fingerprint density at radius 1 is 1.24 bits per heavy atom. The molecule has 0 heterocycles. The molecule has 0 spiro atoms. The fraction of sp³-hybridized carbons (Fsp3) is 0.0714. The maximum absolute atomic E-state index is 11.7. The highest BCUT2D eigenvalue weighted by Gasteiger charge is 2.13. The average molecular weight is 226 g/mol. The van der Waals surface area contributed by atoms with Gasteiger partial charge >= 0.3 is 0 Å². The van der Waals surface area contributed by atoms with Crippen molar-refractivity contribution in [2.24, 2.45) is 0 Å². The normalized spacial score (nSPS) is 12.8. The number of allylic oxidation sites excluding steroid dienone is 4. The number of rotatable bonds is 1. The minimum atomic E-state index is -0.589. The molecular weight excluding hydrogens is 216 g/mol. The number of ketones is 1. The lowest BCUT2D eigenvalue weighted by molar-refractivity contribution is 0.105. The van der Waals surface area contributed by atoms with Gasteiger partial charge in [-0.25, -0.2) is 0 Å². The minimum Gasteiger partial charge on any atom is -0.507 e. The lowest BCUT2D eigenvalue weighted by Crippen LogP contribution is -1.96. The number of hydrogen-bond acceptors (Lipinski definition) is 3. The molecule has 17 heavy (non-hydrogen) atoms. The zero-order valence-corrected chi connectivity index (χ0v) is 8.97. The highest BCUT2D eigenvalue weighted by molar-refractivity contribution is 6.12. The molecule has 1 aromatic rings. The topological polar surface area (TPSA) is 57.5 Å². The monoisotopic (exact) mass is 226 g/mol. The highest BCUT2D eigenvalue weighted by Crippen LogP contribution is 2.26. The molecule has 1 aliphatic carbocycles. The first-order valence-corrected chi connectivity index (χ1v) is 5.11. The predicted octanol–water partition coefficient (Wildman–Crippen LogP) is 2.17. The molecule has 0 unspecified atom stereocenters. The van der Waals surface area contributed by atoms with E-state index in [0.717, 1.165) is 5.57 Å². The number of benzene rings is 1. The van der Waals surface area contributed by atoms with Gasteiger partial charge in [0.25, 0.3) is 0 Å². The van der Waals surface area contributed by atoms with Gasteiger partial charge in [0.1, 0.15) is 17.1 Å². The van der Waals surface area contributed by atoms with E-state index in [1.165, 1.54) is 18.2 Å². The second kappa shape index (κ2) is 4.58. The van der Waals surface area contributed by atoms with E-state index in [0.29, 0.717) is 6.42 Å². The smallest absolute Gasteiger partial charge is 0.243 e. The molecule has 0 fully saturated rings. The van der Waals surface area contributed by atoms with Crippen molar-refractivity contribution in [3.05, 3.63) is 47.6 Å². The largest absolute Gasteiger partial charge is 0.507 e. The van der Waals surface area contributed by atoms with E-state index in [1.54, 1.807) is 0 Å². The van der Waals surface area contributed by atoms with Crippen LogP contribution in [0.15, 0.2) is 42.0 Å². The fourth-order valence-corrected chi connectivity index (χ4v) is 1.50. The van der Waals surface area contributed by atoms with Gasteiger partial charge in [-0.15, -0.1) is 0 Å². The first-order chi connectivity index (χ1) is 8.18. The lowest BCUT2D eigenvalue weighted by Gasteiger charge is -2.01. The van der Waals surface area contributed by atoms with Crippen LogP contribution in [-0.4, -0.2) is 16.0 Å². The van der Waals surface area contributed by atoms with Crippen LogP contribution in [0.3, 0.4) is 0 Å². The fourth-order valence-electron chi connectivity index (χ4n) is 1.50. The summed E-state index contributed by atoms with van der Waals surface area (Å²) in [5.74, 6) is 4.00. The van der Waals surface area contributed by atoms with Crippen LogP contribution in [0.25, 0.3) is 0 Å². The maximum Gasteiger partial charge on any atom is 0.243 e. The molecule has 0 atom stereocenters. The van der Waals surface area contributed by atoms with E-state index in [4.69, 9.17) is 0 Å². The molecule has 2 rings (SSSR count). The predicted molar refractivity (Wildman–Crippen MR) is 63.7 cm³/mol. The van der Waals surface area contributed by atoms with Crippen molar-refractivity contribution in [2.75, 3.05) is 0 Å². The third kappa shape index (κ3) is 2.37. The van der Waals surface area contributed by atoms with Gasteiger partial charge in [0.15, 0.2) is 0 Å². The van der Waals surface area contributed by atoms with Crippen LogP contribution < -0.4 is 0 Å². The first kappa shape index (κ1) is 11.0. The van der Waals surface area contributed by atoms with Gasteiger partial charge in [0.2, 0.25) is 5.78 Å². The van der Waals surface area contributed by atoms with Crippen molar-refractivity contribution < 1.29 is 15.0 Å². The molecule has 1 aliphatic rings. The number of aromatic hydroxyl groups is 2. The third-order valence-corrected chi connectivity index (χ3v) is 2.36. The van der Waals surface area contributed by atoms with E-state index in [9.17, 15) is 15.0 Å². The van der Waals surface area contributed by atoms with Gasteiger partial charge in [0.05, 0.1) is 0 Å². The van der Waals surface area contributed by atoms with Gasteiger partial charge < -0.3 is 10.2 Å². The molecule has 0 saturated heterocycles. The van der Waals surface area contributed by atoms with E-state index < -0.39 is 5.78 Å². The van der Waals surface area contributed by atoms with Crippen LogP contribution in [0.2, 0.25) is 0 Å². The SMILES string of the molecule is O=C(C#CC1=CC=CC1)c1c(O)cccc1O. The summed E-state index contributed by atoms with van der Waals surface area (Å²) < 4.78 is 0. The molecule has 2 N–H and O–H groups in total. The van der Waals surface area contributed by atoms with Gasteiger partial charge in [-0.3, -0.25) is 4.79 Å². The van der Waals surface area contributed by atoms with Crippen LogP contribution >= 0.6 is 0 Å². The molecule has 84 valence electrons. The molecule has 0 aliphatic heterocycles. The Kier molecular flexibility index (Phi) is 2.97. The van der Waals surface area contributed by atoms with E-state index >= 15 is 0 Å². The van der Waals surface area contributed by atoms with Crippen LogP contribution in [0.4, 0.5) is 0 Å². The van der Waals surface area contributed by atoms with Gasteiger partial charge in [-0.1, -0.05) is 30.2 Å². The third-order valence-electron chi connectivity index (χ3n) is 2.36. The molecule has 0 bridgehead atoms. The van der Waals surface area contributed by atoms with Gasteiger partial charge in [-0.05, 0) is 24.5 Å². The lowest BCUT2D eigenvalue weighted by atomic mass is 10.1. The number of phenolic OH excluding ortho intramolecular Hbond substituents is 2. The summed E-state index contributed by atoms with van der Waals surface area (Å²) in [5, 5.41) is 19.0. The Balaban J connectivity index is 2.26. The number of carbonyl (C=O) groups excluding carboxylic acids is 1. The van der Waals surface area contributed by atoms with Crippen molar-refractivity contribution in [1.29, 1.82) is 0 Å². The summed E-state index contributed by atoms with van der Waals surface area (Å²) >= 11 is 0. The number of Topliss-reactive ketones (excluding diaryl/α,β-unsaturated/α-hetero) is 1. The highest BCUT2D eigenvalue weighted by atomic mass is 16.3. The molecule has 3 heteroatoms. The second-order valence-electron chi connectivity index (χ2n) is 3.57. The Bertz CT molecular complexity index is 563. The minimum absolute atomic E-state index is 0.147. The van der Waals surface area contributed by atoms with E-state index in [-0.39, 0.29) is 17.1 Å². The van der Waals surface area contributed by atoms with Crippen molar-refractivity contribution in [3.63, 3.8) is 0 Å². The second-order valence-corrected chi connectivity index (χ2v) is 3.57. The zero-order valence-electron chi connectivity index (χ0n) is 8.97. The molecule has 1 aromatic carbocycles. The first-order valence-electron chi connectivity index (χ1n) is 5.11. The van der Waals surface area contributed by atoms with Crippen LogP contribution in [0.5, 0.6) is 11.5 Å². The standard InChI is InChI=1S/C14H10O3/c15-11-6-3-7-12(16)14(11)13(17)9-8-10-4-1-2-5-10/h1-4,6-7,15-16H,5H2. The van der Waals surface area contributed by atoms with Crippen LogP contribution in [0.1, 0.15) is 16.8 Å². The van der Waals surface area contributed by atoms with Gasteiger partial charge in [0, 0.05) is 5.57 Å². The quantitative estimate of drug-likeness (QED) is 0.438. The van der Waals surface area contributed by atoms with Crippen molar-refractivity contribution in [2.45, 2.75) is 6.42 Å². The zero-order chi connectivity index (χ0) is 12.3.